The Morgan fingerprint density at radius 2 is 1.78 bits per heavy atom. The lowest BCUT2D eigenvalue weighted by Crippen LogP contribution is -2.27. The van der Waals surface area contributed by atoms with Gasteiger partial charge >= 0.3 is 0 Å². The van der Waals surface area contributed by atoms with Gasteiger partial charge in [0.05, 0.1) is 12.0 Å². The third kappa shape index (κ3) is 6.57. The fourth-order valence-corrected chi connectivity index (χ4v) is 2.36. The van der Waals surface area contributed by atoms with Gasteiger partial charge in [0.15, 0.2) is 0 Å². The number of rotatable bonds is 3. The van der Waals surface area contributed by atoms with E-state index in [1.54, 1.807) is 13.8 Å². The second-order valence-corrected chi connectivity index (χ2v) is 6.99. The van der Waals surface area contributed by atoms with Crippen molar-refractivity contribution in [2.45, 2.75) is 20.3 Å². The minimum atomic E-state index is -3.67. The van der Waals surface area contributed by atoms with Gasteiger partial charge in [-0.1, -0.05) is 6.92 Å². The summed E-state index contributed by atoms with van der Waals surface area (Å²) in [5.41, 5.74) is 0.0237. The van der Waals surface area contributed by atoms with E-state index in [1.807, 2.05) is 0 Å². The lowest BCUT2D eigenvalue weighted by atomic mass is 10.5. The number of aryl methyl sites for hydroxylation is 1. The smallest absolute Gasteiger partial charge is 0.281 e. The molecule has 1 aromatic heterocycles. The molecule has 18 heavy (non-hydrogen) atoms. The quantitative estimate of drug-likeness (QED) is 0.730. The van der Waals surface area contributed by atoms with Crippen molar-refractivity contribution in [3.63, 3.8) is 0 Å². The van der Waals surface area contributed by atoms with Gasteiger partial charge in [0.25, 0.3) is 25.7 Å². The van der Waals surface area contributed by atoms with Gasteiger partial charge in [-0.25, -0.2) is 8.42 Å². The topological polar surface area (TPSA) is 126 Å². The van der Waals surface area contributed by atoms with E-state index in [-0.39, 0.29) is 5.75 Å². The Balaban J connectivity index is 0.000000494. The van der Waals surface area contributed by atoms with Crippen molar-refractivity contribution >= 4 is 20.1 Å². The molecule has 0 aliphatic rings. The van der Waals surface area contributed by atoms with Gasteiger partial charge in [0.1, 0.15) is 0 Å². The maximum atomic E-state index is 11.4. The van der Waals surface area contributed by atoms with Crippen molar-refractivity contribution in [3.05, 3.63) is 22.1 Å². The molecule has 0 radical (unpaired) electrons. The van der Waals surface area contributed by atoms with E-state index < -0.39 is 25.7 Å². The molecule has 0 amide bonds. The molecule has 0 unspecified atom stereocenters. The minimum absolute atomic E-state index is 0.0210. The third-order valence-corrected chi connectivity index (χ3v) is 3.31. The van der Waals surface area contributed by atoms with Gasteiger partial charge in [0, 0.05) is 11.8 Å². The summed E-state index contributed by atoms with van der Waals surface area (Å²) >= 11 is 0. The molecule has 10 heteroatoms. The van der Waals surface area contributed by atoms with Crippen molar-refractivity contribution in [3.8, 4) is 0 Å². The second-order valence-electron chi connectivity index (χ2n) is 3.59. The van der Waals surface area contributed by atoms with Gasteiger partial charge in [-0.15, -0.1) is 4.09 Å². The zero-order valence-corrected chi connectivity index (χ0v) is 11.9. The molecule has 0 saturated heterocycles. The third-order valence-electron chi connectivity index (χ3n) is 1.56. The molecule has 0 aromatic carbocycles. The summed E-state index contributed by atoms with van der Waals surface area (Å²) in [7, 11) is -7.14. The molecular formula is C8H16N2O6S2. The van der Waals surface area contributed by atoms with Crippen LogP contribution in [0.4, 0.5) is 0 Å². The van der Waals surface area contributed by atoms with E-state index in [1.165, 1.54) is 6.07 Å². The van der Waals surface area contributed by atoms with E-state index in [4.69, 9.17) is 4.55 Å². The molecule has 0 aliphatic carbocycles. The predicted octanol–water partition coefficient (Wildman–Crippen LogP) is -0.423. The van der Waals surface area contributed by atoms with E-state index in [0.717, 1.165) is 0 Å². The number of hydrogen-bond acceptors (Lipinski definition) is 5. The van der Waals surface area contributed by atoms with E-state index in [0.29, 0.717) is 22.5 Å². The molecule has 0 atom stereocenters. The first-order valence-corrected chi connectivity index (χ1v) is 8.37. The Morgan fingerprint density at radius 1 is 1.33 bits per heavy atom. The first-order valence-electron chi connectivity index (χ1n) is 4.91. The van der Waals surface area contributed by atoms with Crippen LogP contribution in [0, 0.1) is 6.92 Å². The number of nitrogens with one attached hydrogen (secondary N) is 1. The Hall–Kier alpha value is -1.13. The number of H-pyrrole nitrogens is 1. The summed E-state index contributed by atoms with van der Waals surface area (Å²) in [4.78, 5) is 11.1. The van der Waals surface area contributed by atoms with Crippen LogP contribution in [-0.2, 0) is 20.1 Å². The van der Waals surface area contributed by atoms with E-state index >= 15 is 0 Å². The SMILES string of the molecule is CCCS(=O)(=O)n1[nH]c(C)cc1=O.CS(=O)(=O)O. The molecule has 0 spiro atoms. The summed E-state index contributed by atoms with van der Waals surface area (Å²) in [5.74, 6) is -0.0210. The number of nitrogens with zero attached hydrogens (tertiary/aromatic N) is 1. The minimum Gasteiger partial charge on any atom is -0.286 e. The number of hydrogen-bond donors (Lipinski definition) is 2. The Morgan fingerprint density at radius 3 is 2.06 bits per heavy atom. The number of aromatic nitrogens is 2. The molecule has 1 rings (SSSR count). The zero-order chi connectivity index (χ0) is 14.6. The summed E-state index contributed by atoms with van der Waals surface area (Å²) in [6.07, 6.45) is 1.21. The standard InChI is InChI=1S/C7H12N2O3S.CH4O3S/c1-3-4-13(11,12)9-7(10)5-6(2)8-9;1-5(2,3)4/h5,8H,3-4H2,1-2H3;1H3,(H,2,3,4). The molecule has 0 bridgehead atoms. The van der Waals surface area contributed by atoms with E-state index in [2.05, 4.69) is 5.10 Å². The molecule has 0 fully saturated rings. The Bertz CT molecular complexity index is 629. The largest absolute Gasteiger partial charge is 0.286 e. The first kappa shape index (κ1) is 16.9. The van der Waals surface area contributed by atoms with Crippen molar-refractivity contribution in [1.29, 1.82) is 0 Å². The van der Waals surface area contributed by atoms with Gasteiger partial charge in [0.2, 0.25) is 0 Å². The highest BCUT2D eigenvalue weighted by Gasteiger charge is 2.14. The fourth-order valence-electron chi connectivity index (χ4n) is 1.05. The lowest BCUT2D eigenvalue weighted by Gasteiger charge is -2.01. The summed E-state index contributed by atoms with van der Waals surface area (Å²) in [6.45, 7) is 3.39. The van der Waals surface area contributed by atoms with Gasteiger partial charge in [-0.2, -0.15) is 8.42 Å². The van der Waals surface area contributed by atoms with E-state index in [9.17, 15) is 21.6 Å². The zero-order valence-electron chi connectivity index (χ0n) is 10.2. The first-order chi connectivity index (χ1) is 7.97. The number of aromatic amines is 1. The molecule has 8 nitrogen and oxygen atoms in total. The molecule has 0 saturated carbocycles. The van der Waals surface area contributed by atoms with Gasteiger partial charge in [-0.3, -0.25) is 14.4 Å². The summed E-state index contributed by atoms with van der Waals surface area (Å²) in [5, 5.41) is 2.49. The van der Waals surface area contributed by atoms with Crippen LogP contribution in [0.15, 0.2) is 10.9 Å². The van der Waals surface area contributed by atoms with Crippen LogP contribution in [0.1, 0.15) is 19.0 Å². The molecule has 0 aliphatic heterocycles. The van der Waals surface area contributed by atoms with Crippen LogP contribution >= 0.6 is 0 Å². The van der Waals surface area contributed by atoms with Crippen LogP contribution in [0.3, 0.4) is 0 Å². The lowest BCUT2D eigenvalue weighted by molar-refractivity contribution is 0.490. The molecule has 1 aromatic rings. The Kier molecular flexibility index (Phi) is 5.77. The van der Waals surface area contributed by atoms with Crippen LogP contribution in [0.2, 0.25) is 0 Å². The highest BCUT2D eigenvalue weighted by Crippen LogP contribution is 1.95. The van der Waals surface area contributed by atoms with Crippen molar-refractivity contribution in [2.24, 2.45) is 0 Å². The fraction of sp³-hybridized carbons (Fsp3) is 0.625. The maximum Gasteiger partial charge on any atom is 0.281 e. The van der Waals surface area contributed by atoms with Crippen molar-refractivity contribution in [1.82, 2.24) is 9.19 Å². The molecular weight excluding hydrogens is 284 g/mol. The van der Waals surface area contributed by atoms with Crippen LogP contribution in [-0.4, -0.2) is 42.6 Å². The average Bonchev–Trinajstić information content (AvgIpc) is 2.42. The predicted molar refractivity (Wildman–Crippen MR) is 66.7 cm³/mol. The monoisotopic (exact) mass is 300 g/mol. The second kappa shape index (κ2) is 6.16. The van der Waals surface area contributed by atoms with Crippen LogP contribution < -0.4 is 5.56 Å². The molecule has 1 heterocycles. The van der Waals surface area contributed by atoms with Crippen LogP contribution in [0.25, 0.3) is 0 Å². The average molecular weight is 300 g/mol. The molecule has 2 N–H and O–H groups in total. The Labute approximate surface area is 105 Å². The normalized spacial score (nSPS) is 11.8. The highest BCUT2D eigenvalue weighted by molar-refractivity contribution is 7.89. The molecule has 106 valence electrons. The highest BCUT2D eigenvalue weighted by atomic mass is 32.2. The summed E-state index contributed by atoms with van der Waals surface area (Å²) < 4.78 is 49.4. The van der Waals surface area contributed by atoms with Crippen molar-refractivity contribution < 1.29 is 21.4 Å². The van der Waals surface area contributed by atoms with Gasteiger partial charge in [-0.05, 0) is 13.3 Å². The van der Waals surface area contributed by atoms with Crippen LogP contribution in [0.5, 0.6) is 0 Å². The van der Waals surface area contributed by atoms with Gasteiger partial charge < -0.3 is 0 Å². The summed E-state index contributed by atoms with van der Waals surface area (Å²) in [6, 6.07) is 1.26. The maximum absolute atomic E-state index is 11.4. The van der Waals surface area contributed by atoms with Crippen molar-refractivity contribution in [2.75, 3.05) is 12.0 Å².